The van der Waals surface area contributed by atoms with Crippen molar-refractivity contribution in [2.24, 2.45) is 5.92 Å². The van der Waals surface area contributed by atoms with Crippen LogP contribution in [0.2, 0.25) is 0 Å². The smallest absolute Gasteiger partial charge is 0.0951 e. The molecule has 0 radical (unpaired) electrons. The molecule has 0 unspecified atom stereocenters. The van der Waals surface area contributed by atoms with Gasteiger partial charge in [-0.25, -0.2) is 4.98 Å². The zero-order chi connectivity index (χ0) is 11.1. The zero-order valence-corrected chi connectivity index (χ0v) is 9.52. The maximum atomic E-state index is 8.81. The predicted molar refractivity (Wildman–Crippen MR) is 58.4 cm³/mol. The summed E-state index contributed by atoms with van der Waals surface area (Å²) in [4.78, 5) is 4.02. The molecule has 0 aliphatic carbocycles. The number of rotatable bonds is 7. The molecule has 0 amide bonds. The third-order valence-electron chi connectivity index (χ3n) is 2.18. The van der Waals surface area contributed by atoms with Crippen molar-refractivity contribution in [2.45, 2.75) is 33.4 Å². The standard InChI is InChI=1S/C11H20N2O2/c1-10(2)3-5-15-6-4-13-7-11(8-14)12-9-13/h7,9-10,14H,3-6,8H2,1-2H3. The lowest BCUT2D eigenvalue weighted by Gasteiger charge is -2.06. The van der Waals surface area contributed by atoms with Crippen LogP contribution < -0.4 is 0 Å². The lowest BCUT2D eigenvalue weighted by atomic mass is 10.1. The Morgan fingerprint density at radius 2 is 2.27 bits per heavy atom. The Kier molecular flexibility index (Phi) is 5.36. The summed E-state index contributed by atoms with van der Waals surface area (Å²) in [7, 11) is 0. The van der Waals surface area contributed by atoms with E-state index in [1.807, 2.05) is 10.8 Å². The minimum atomic E-state index is 0.00120. The molecule has 15 heavy (non-hydrogen) atoms. The average Bonchev–Trinajstić information content (AvgIpc) is 2.65. The van der Waals surface area contributed by atoms with E-state index in [0.717, 1.165) is 19.6 Å². The van der Waals surface area contributed by atoms with Gasteiger partial charge in [0.15, 0.2) is 0 Å². The monoisotopic (exact) mass is 212 g/mol. The molecule has 0 atom stereocenters. The van der Waals surface area contributed by atoms with Crippen molar-refractivity contribution in [1.29, 1.82) is 0 Å². The van der Waals surface area contributed by atoms with Gasteiger partial charge in [-0.15, -0.1) is 0 Å². The van der Waals surface area contributed by atoms with E-state index >= 15 is 0 Å². The molecule has 4 nitrogen and oxygen atoms in total. The first-order valence-electron chi connectivity index (χ1n) is 5.41. The highest BCUT2D eigenvalue weighted by Gasteiger charge is 1.97. The van der Waals surface area contributed by atoms with Gasteiger partial charge >= 0.3 is 0 Å². The molecule has 0 bridgehead atoms. The SMILES string of the molecule is CC(C)CCOCCn1cnc(CO)c1. The molecule has 0 aromatic carbocycles. The van der Waals surface area contributed by atoms with Gasteiger partial charge in [0, 0.05) is 19.3 Å². The highest BCUT2D eigenvalue weighted by Crippen LogP contribution is 1.99. The van der Waals surface area contributed by atoms with Gasteiger partial charge in [0.2, 0.25) is 0 Å². The zero-order valence-electron chi connectivity index (χ0n) is 9.52. The van der Waals surface area contributed by atoms with Crippen molar-refractivity contribution in [1.82, 2.24) is 9.55 Å². The lowest BCUT2D eigenvalue weighted by molar-refractivity contribution is 0.116. The summed E-state index contributed by atoms with van der Waals surface area (Å²) in [6, 6.07) is 0. The first-order valence-corrected chi connectivity index (χ1v) is 5.41. The van der Waals surface area contributed by atoms with Crippen molar-refractivity contribution in [3.8, 4) is 0 Å². The third kappa shape index (κ3) is 4.95. The van der Waals surface area contributed by atoms with Crippen LogP contribution in [0, 0.1) is 5.92 Å². The maximum absolute atomic E-state index is 8.81. The molecule has 1 aromatic rings. The molecule has 4 heteroatoms. The molecule has 0 aliphatic heterocycles. The first kappa shape index (κ1) is 12.2. The molecule has 86 valence electrons. The Morgan fingerprint density at radius 1 is 1.47 bits per heavy atom. The average molecular weight is 212 g/mol. The Morgan fingerprint density at radius 3 is 2.87 bits per heavy atom. The summed E-state index contributed by atoms with van der Waals surface area (Å²) in [5.41, 5.74) is 0.706. The van der Waals surface area contributed by atoms with E-state index in [2.05, 4.69) is 18.8 Å². The van der Waals surface area contributed by atoms with E-state index in [-0.39, 0.29) is 6.61 Å². The highest BCUT2D eigenvalue weighted by molar-refractivity contribution is 4.93. The minimum Gasteiger partial charge on any atom is -0.390 e. The fourth-order valence-corrected chi connectivity index (χ4v) is 1.20. The molecule has 0 aliphatic rings. The lowest BCUT2D eigenvalue weighted by Crippen LogP contribution is -2.06. The van der Waals surface area contributed by atoms with Crippen molar-refractivity contribution in [3.63, 3.8) is 0 Å². The molecule has 0 saturated carbocycles. The number of ether oxygens (including phenoxy) is 1. The predicted octanol–water partition coefficient (Wildman–Crippen LogP) is 1.44. The summed E-state index contributed by atoms with van der Waals surface area (Å²) >= 11 is 0. The van der Waals surface area contributed by atoms with Gasteiger partial charge < -0.3 is 14.4 Å². The molecule has 1 aromatic heterocycles. The van der Waals surface area contributed by atoms with Crippen molar-refractivity contribution in [2.75, 3.05) is 13.2 Å². The minimum absolute atomic E-state index is 0.00120. The highest BCUT2D eigenvalue weighted by atomic mass is 16.5. The second kappa shape index (κ2) is 6.58. The van der Waals surface area contributed by atoms with E-state index in [9.17, 15) is 0 Å². The molecule has 0 saturated heterocycles. The van der Waals surface area contributed by atoms with Gasteiger partial charge in [-0.3, -0.25) is 0 Å². The molecular weight excluding hydrogens is 192 g/mol. The van der Waals surface area contributed by atoms with Gasteiger partial charge in [0.25, 0.3) is 0 Å². The summed E-state index contributed by atoms with van der Waals surface area (Å²) in [5.74, 6) is 0.694. The maximum Gasteiger partial charge on any atom is 0.0951 e. The van der Waals surface area contributed by atoms with E-state index in [1.54, 1.807) is 6.33 Å². The normalized spacial score (nSPS) is 11.2. The number of imidazole rings is 1. The summed E-state index contributed by atoms with van der Waals surface area (Å²) in [5, 5.41) is 8.81. The van der Waals surface area contributed by atoms with Gasteiger partial charge in [-0.1, -0.05) is 13.8 Å². The van der Waals surface area contributed by atoms with Gasteiger partial charge in [0.1, 0.15) is 0 Å². The number of hydrogen-bond donors (Lipinski definition) is 1. The largest absolute Gasteiger partial charge is 0.390 e. The van der Waals surface area contributed by atoms with Crippen molar-refractivity contribution < 1.29 is 9.84 Å². The second-order valence-electron chi connectivity index (χ2n) is 4.06. The first-order chi connectivity index (χ1) is 7.22. The van der Waals surface area contributed by atoms with Gasteiger partial charge in [-0.2, -0.15) is 0 Å². The number of hydrogen-bond acceptors (Lipinski definition) is 3. The van der Waals surface area contributed by atoms with E-state index in [1.165, 1.54) is 0 Å². The Bertz CT molecular complexity index is 271. The topological polar surface area (TPSA) is 47.3 Å². The van der Waals surface area contributed by atoms with Crippen LogP contribution in [-0.4, -0.2) is 27.9 Å². The van der Waals surface area contributed by atoms with E-state index in [0.29, 0.717) is 18.2 Å². The van der Waals surface area contributed by atoms with Crippen molar-refractivity contribution >= 4 is 0 Å². The number of nitrogens with zero attached hydrogens (tertiary/aromatic N) is 2. The van der Waals surface area contributed by atoms with Crippen LogP contribution in [0.5, 0.6) is 0 Å². The van der Waals surface area contributed by atoms with Crippen LogP contribution in [0.1, 0.15) is 26.0 Å². The van der Waals surface area contributed by atoms with Crippen LogP contribution in [0.15, 0.2) is 12.5 Å². The van der Waals surface area contributed by atoms with Crippen LogP contribution in [0.4, 0.5) is 0 Å². The molecule has 1 heterocycles. The van der Waals surface area contributed by atoms with Crippen LogP contribution >= 0.6 is 0 Å². The summed E-state index contributed by atoms with van der Waals surface area (Å²) in [6.45, 7) is 6.69. The fourth-order valence-electron chi connectivity index (χ4n) is 1.20. The van der Waals surface area contributed by atoms with Crippen LogP contribution in [-0.2, 0) is 17.9 Å². The fraction of sp³-hybridized carbons (Fsp3) is 0.727. The second-order valence-corrected chi connectivity index (χ2v) is 4.06. The van der Waals surface area contributed by atoms with Crippen LogP contribution in [0.3, 0.4) is 0 Å². The number of aromatic nitrogens is 2. The molecule has 1 N–H and O–H groups in total. The van der Waals surface area contributed by atoms with Gasteiger partial charge in [-0.05, 0) is 12.3 Å². The quantitative estimate of drug-likeness (QED) is 0.696. The third-order valence-corrected chi connectivity index (χ3v) is 2.18. The van der Waals surface area contributed by atoms with E-state index in [4.69, 9.17) is 9.84 Å². The molecule has 1 rings (SSSR count). The van der Waals surface area contributed by atoms with Gasteiger partial charge in [0.05, 0.1) is 25.2 Å². The molecular formula is C11H20N2O2. The number of aliphatic hydroxyl groups excluding tert-OH is 1. The van der Waals surface area contributed by atoms with Crippen LogP contribution in [0.25, 0.3) is 0 Å². The summed E-state index contributed by atoms with van der Waals surface area (Å²) < 4.78 is 7.41. The number of aliphatic hydroxyl groups is 1. The Balaban J connectivity index is 2.09. The molecule has 0 spiro atoms. The Hall–Kier alpha value is -0.870. The van der Waals surface area contributed by atoms with E-state index < -0.39 is 0 Å². The summed E-state index contributed by atoms with van der Waals surface area (Å²) in [6.07, 6.45) is 4.66. The molecule has 0 fully saturated rings. The Labute approximate surface area is 90.9 Å². The van der Waals surface area contributed by atoms with Crippen molar-refractivity contribution in [3.05, 3.63) is 18.2 Å².